The van der Waals surface area contributed by atoms with Crippen molar-refractivity contribution in [2.75, 3.05) is 20.5 Å². The molecular weight excluding hydrogens is 546 g/mol. The molecule has 2 aliphatic rings. The maximum atomic E-state index is 13.0. The minimum atomic E-state index is -1.88. The zero-order valence-corrected chi connectivity index (χ0v) is 23.1. The van der Waals surface area contributed by atoms with Crippen LogP contribution in [-0.4, -0.2) is 83.5 Å². The smallest absolute Gasteiger partial charge is 0.335 e. The van der Waals surface area contributed by atoms with Crippen LogP contribution < -0.4 is 25.0 Å². The number of carboxylic acid groups (broad SMARTS) is 1. The van der Waals surface area contributed by atoms with Gasteiger partial charge in [0, 0.05) is 12.5 Å². The number of aliphatic carboxylic acids is 1. The number of benzene rings is 1. The van der Waals surface area contributed by atoms with E-state index < -0.39 is 42.7 Å². The number of carbonyl (C=O) groups excluding carboxylic acids is 1. The summed E-state index contributed by atoms with van der Waals surface area (Å²) in [6.45, 7) is 1.40. The van der Waals surface area contributed by atoms with Gasteiger partial charge in [-0.2, -0.15) is 0 Å². The Bertz CT molecular complexity index is 1370. The van der Waals surface area contributed by atoms with Crippen LogP contribution in [0.15, 0.2) is 34.0 Å². The van der Waals surface area contributed by atoms with Crippen molar-refractivity contribution in [2.45, 2.75) is 61.4 Å². The number of aliphatic hydroxyl groups is 3. The van der Waals surface area contributed by atoms with Gasteiger partial charge in [0.2, 0.25) is 17.9 Å². The number of carbonyl (C=O) groups is 2. The van der Waals surface area contributed by atoms with Gasteiger partial charge in [0.1, 0.15) is 18.3 Å². The lowest BCUT2D eigenvalue weighted by Gasteiger charge is -2.38. The van der Waals surface area contributed by atoms with Gasteiger partial charge in [-0.3, -0.25) is 9.59 Å². The van der Waals surface area contributed by atoms with E-state index in [1.807, 2.05) is 0 Å². The number of amides is 1. The summed E-state index contributed by atoms with van der Waals surface area (Å²) < 4.78 is 22.5. The van der Waals surface area contributed by atoms with Crippen LogP contribution in [0.5, 0.6) is 17.2 Å². The molecule has 12 nitrogen and oxygen atoms in total. The van der Waals surface area contributed by atoms with Crippen LogP contribution in [0.4, 0.5) is 0 Å². The molecule has 1 amide bonds. The van der Waals surface area contributed by atoms with E-state index in [0.29, 0.717) is 40.0 Å². The molecule has 216 valence electrons. The third-order valence-electron chi connectivity index (χ3n) is 6.93. The van der Waals surface area contributed by atoms with E-state index in [0.717, 1.165) is 0 Å². The molecule has 0 saturated carbocycles. The number of hydrogen-bond acceptors (Lipinski definition) is 11. The average Bonchev–Trinajstić information content (AvgIpc) is 3.16. The number of nitrogens with one attached hydrogen (secondary N) is 1. The molecule has 1 heterocycles. The summed E-state index contributed by atoms with van der Waals surface area (Å²) in [4.78, 5) is 37.1. The lowest BCUT2D eigenvalue weighted by molar-refractivity contribution is -0.271. The van der Waals surface area contributed by atoms with Crippen molar-refractivity contribution in [1.29, 1.82) is 0 Å². The number of thioether (sulfide) groups is 1. The lowest BCUT2D eigenvalue weighted by Crippen LogP contribution is -2.61. The SMILES string of the molecule is COc1c(O[C@@H]2O[C@H](C(=O)O)[C@@H](O)[C@H](O)[C@H]2O)cc2c(c1OC)-c1ccc(SC)c(=O)cc1[C@@H](NC(C)=O)CC2. The molecule has 6 atom stereocenters. The van der Waals surface area contributed by atoms with Crippen molar-refractivity contribution in [3.8, 4) is 28.4 Å². The molecule has 0 unspecified atom stereocenters. The molecule has 1 fully saturated rings. The summed E-state index contributed by atoms with van der Waals surface area (Å²) in [5.41, 5.74) is 2.31. The topological polar surface area (TPSA) is 181 Å². The molecule has 1 saturated heterocycles. The second-order valence-electron chi connectivity index (χ2n) is 9.40. The largest absolute Gasteiger partial charge is 0.492 e. The van der Waals surface area contributed by atoms with Gasteiger partial charge < -0.3 is 44.7 Å². The number of carboxylic acids is 1. The highest BCUT2D eigenvalue weighted by Crippen LogP contribution is 2.50. The van der Waals surface area contributed by atoms with E-state index in [1.54, 1.807) is 24.5 Å². The number of methoxy groups -OCH3 is 2. The minimum Gasteiger partial charge on any atom is -0.492 e. The number of hydrogen-bond donors (Lipinski definition) is 5. The Morgan fingerprint density at radius 2 is 1.75 bits per heavy atom. The number of fused-ring (bicyclic) bond motifs is 3. The maximum absolute atomic E-state index is 13.0. The molecule has 0 aromatic heterocycles. The average molecular weight is 578 g/mol. The van der Waals surface area contributed by atoms with Gasteiger partial charge in [-0.05, 0) is 54.0 Å². The van der Waals surface area contributed by atoms with Crippen molar-refractivity contribution in [1.82, 2.24) is 5.32 Å². The van der Waals surface area contributed by atoms with Crippen molar-refractivity contribution in [3.05, 3.63) is 45.6 Å². The molecule has 1 aliphatic heterocycles. The van der Waals surface area contributed by atoms with E-state index in [1.165, 1.54) is 39.0 Å². The summed E-state index contributed by atoms with van der Waals surface area (Å²) in [7, 11) is 2.78. The second kappa shape index (κ2) is 12.0. The monoisotopic (exact) mass is 577 g/mol. The molecular formula is C27H31NO11S. The Morgan fingerprint density at radius 3 is 2.35 bits per heavy atom. The fourth-order valence-corrected chi connectivity index (χ4v) is 5.54. The van der Waals surface area contributed by atoms with E-state index in [2.05, 4.69) is 5.32 Å². The van der Waals surface area contributed by atoms with Gasteiger partial charge in [-0.15, -0.1) is 11.8 Å². The Kier molecular flexibility index (Phi) is 8.90. The fraction of sp³-hybridized carbons (Fsp3) is 0.444. The van der Waals surface area contributed by atoms with Crippen molar-refractivity contribution in [2.24, 2.45) is 0 Å². The predicted octanol–water partition coefficient (Wildman–Crippen LogP) is 0.847. The molecule has 2 aromatic rings. The van der Waals surface area contributed by atoms with Gasteiger partial charge in [0.25, 0.3) is 0 Å². The molecule has 40 heavy (non-hydrogen) atoms. The highest BCUT2D eigenvalue weighted by molar-refractivity contribution is 7.98. The summed E-state index contributed by atoms with van der Waals surface area (Å²) in [5.74, 6) is -1.49. The quantitative estimate of drug-likeness (QED) is 0.293. The normalized spacial score (nSPS) is 25.6. The van der Waals surface area contributed by atoms with Crippen LogP contribution in [0, 0.1) is 0 Å². The third-order valence-corrected chi connectivity index (χ3v) is 7.71. The zero-order valence-electron chi connectivity index (χ0n) is 22.2. The van der Waals surface area contributed by atoms with Gasteiger partial charge in [0.05, 0.1) is 25.2 Å². The van der Waals surface area contributed by atoms with Crippen molar-refractivity contribution < 1.29 is 49.0 Å². The number of rotatable bonds is 7. The van der Waals surface area contributed by atoms with Crippen LogP contribution in [0.1, 0.15) is 30.5 Å². The van der Waals surface area contributed by atoms with Crippen LogP contribution >= 0.6 is 11.8 Å². The van der Waals surface area contributed by atoms with Crippen LogP contribution in [0.2, 0.25) is 0 Å². The molecule has 2 aromatic carbocycles. The van der Waals surface area contributed by atoms with Crippen LogP contribution in [-0.2, 0) is 20.7 Å². The summed E-state index contributed by atoms with van der Waals surface area (Å²) in [6.07, 6.45) is -6.44. The molecule has 4 rings (SSSR count). The van der Waals surface area contributed by atoms with E-state index in [-0.39, 0.29) is 28.6 Å². The van der Waals surface area contributed by atoms with Gasteiger partial charge in [-0.1, -0.05) is 6.07 Å². The van der Waals surface area contributed by atoms with E-state index in [4.69, 9.17) is 18.9 Å². The molecule has 1 aliphatic carbocycles. The Hall–Kier alpha value is -3.36. The molecule has 0 spiro atoms. The zero-order chi connectivity index (χ0) is 29.3. The van der Waals surface area contributed by atoms with Crippen LogP contribution in [0.3, 0.4) is 0 Å². The number of ether oxygens (including phenoxy) is 4. The maximum Gasteiger partial charge on any atom is 0.335 e. The fourth-order valence-electron chi connectivity index (χ4n) is 5.07. The van der Waals surface area contributed by atoms with Crippen molar-refractivity contribution in [3.63, 3.8) is 0 Å². The first-order valence-electron chi connectivity index (χ1n) is 12.4. The molecule has 5 N–H and O–H groups in total. The van der Waals surface area contributed by atoms with Gasteiger partial charge in [-0.25, -0.2) is 4.79 Å². The Balaban J connectivity index is 1.89. The number of aryl methyl sites for hydroxylation is 1. The predicted molar refractivity (Wildman–Crippen MR) is 143 cm³/mol. The second-order valence-corrected chi connectivity index (χ2v) is 10.2. The molecule has 0 radical (unpaired) electrons. The highest BCUT2D eigenvalue weighted by Gasteiger charge is 2.48. The highest BCUT2D eigenvalue weighted by atomic mass is 32.2. The summed E-state index contributed by atoms with van der Waals surface area (Å²) in [6, 6.07) is 6.12. The first kappa shape index (κ1) is 29.6. The van der Waals surface area contributed by atoms with Gasteiger partial charge >= 0.3 is 5.97 Å². The standard InChI is InChI=1S/C27H31NO11S/c1-11(29)28-15-7-5-12-9-17(38-27-22(33)20(31)21(32)25(39-27)26(34)35)23(36-2)24(37-3)19(12)13-6-8-18(40-4)16(30)10-14(13)15/h6,8-10,15,20-22,25,27,31-33H,5,7H2,1-4H3,(H,28,29)(H,34,35)/t15-,20-,21-,22+,25-,27+/m0/s1. The number of aliphatic hydroxyl groups excluding tert-OH is 3. The van der Waals surface area contributed by atoms with E-state index >= 15 is 0 Å². The van der Waals surface area contributed by atoms with Crippen molar-refractivity contribution >= 4 is 23.6 Å². The molecule has 0 bridgehead atoms. The van der Waals surface area contributed by atoms with E-state index in [9.17, 15) is 34.8 Å². The summed E-state index contributed by atoms with van der Waals surface area (Å²) >= 11 is 1.30. The minimum absolute atomic E-state index is 0.0176. The third kappa shape index (κ3) is 5.47. The molecule has 13 heteroatoms. The Morgan fingerprint density at radius 1 is 1.05 bits per heavy atom. The lowest BCUT2D eigenvalue weighted by atomic mass is 9.95. The first-order chi connectivity index (χ1) is 19.0. The van der Waals surface area contributed by atoms with Crippen LogP contribution in [0.25, 0.3) is 11.1 Å². The Labute approximate surface area is 233 Å². The van der Waals surface area contributed by atoms with Gasteiger partial charge in [0.15, 0.2) is 23.0 Å². The summed E-state index contributed by atoms with van der Waals surface area (Å²) in [5, 5.41) is 43.1. The first-order valence-corrected chi connectivity index (χ1v) is 13.6.